The van der Waals surface area contributed by atoms with Gasteiger partial charge in [-0.25, -0.2) is 9.97 Å². The summed E-state index contributed by atoms with van der Waals surface area (Å²) >= 11 is 0. The van der Waals surface area contributed by atoms with Crippen molar-refractivity contribution in [1.29, 1.82) is 0 Å². The highest BCUT2D eigenvalue weighted by Crippen LogP contribution is 2.27. The van der Waals surface area contributed by atoms with Crippen molar-refractivity contribution in [1.82, 2.24) is 19.9 Å². The van der Waals surface area contributed by atoms with Gasteiger partial charge in [0, 0.05) is 25.8 Å². The first-order valence-electron chi connectivity index (χ1n) is 6.86. The standard InChI is InChI=1S/C14H21N5.ClH/c1-10-5-7-18(2)8-12(10)19(3)14-11-4-6-15-13(11)16-9-17-14;/h4,6,9-10,12H,5,7-8H2,1-3H3,(H,15,16,17);1H. The maximum Gasteiger partial charge on any atom is 0.142 e. The topological polar surface area (TPSA) is 48.1 Å². The van der Waals surface area contributed by atoms with E-state index in [0.29, 0.717) is 12.0 Å². The molecule has 0 amide bonds. The van der Waals surface area contributed by atoms with Crippen molar-refractivity contribution in [2.75, 3.05) is 32.1 Å². The van der Waals surface area contributed by atoms with E-state index < -0.39 is 0 Å². The van der Waals surface area contributed by atoms with E-state index in [1.54, 1.807) is 6.33 Å². The minimum Gasteiger partial charge on any atom is -0.354 e. The van der Waals surface area contributed by atoms with Crippen molar-refractivity contribution in [2.24, 2.45) is 5.92 Å². The highest BCUT2D eigenvalue weighted by molar-refractivity contribution is 5.87. The van der Waals surface area contributed by atoms with E-state index in [2.05, 4.69) is 51.8 Å². The molecule has 20 heavy (non-hydrogen) atoms. The number of likely N-dealkylation sites (tertiary alicyclic amines) is 1. The van der Waals surface area contributed by atoms with Crippen LogP contribution in [0.4, 0.5) is 5.82 Å². The highest BCUT2D eigenvalue weighted by Gasteiger charge is 2.29. The number of aromatic nitrogens is 3. The van der Waals surface area contributed by atoms with Crippen molar-refractivity contribution in [3.05, 3.63) is 18.6 Å². The van der Waals surface area contributed by atoms with Crippen molar-refractivity contribution in [3.63, 3.8) is 0 Å². The van der Waals surface area contributed by atoms with Gasteiger partial charge in [0.05, 0.1) is 5.39 Å². The van der Waals surface area contributed by atoms with Gasteiger partial charge < -0.3 is 14.8 Å². The van der Waals surface area contributed by atoms with E-state index >= 15 is 0 Å². The quantitative estimate of drug-likeness (QED) is 0.922. The summed E-state index contributed by atoms with van der Waals surface area (Å²) in [6, 6.07) is 2.56. The average molecular weight is 296 g/mol. The molecular weight excluding hydrogens is 274 g/mol. The first kappa shape index (κ1) is 15.1. The minimum atomic E-state index is 0. The van der Waals surface area contributed by atoms with Crippen LogP contribution in [0.15, 0.2) is 18.6 Å². The number of rotatable bonds is 2. The van der Waals surface area contributed by atoms with E-state index in [9.17, 15) is 0 Å². The van der Waals surface area contributed by atoms with Gasteiger partial charge in [-0.1, -0.05) is 6.92 Å². The molecule has 2 aromatic heterocycles. The lowest BCUT2D eigenvalue weighted by atomic mass is 9.92. The van der Waals surface area contributed by atoms with Gasteiger partial charge in [0.25, 0.3) is 0 Å². The van der Waals surface area contributed by atoms with Gasteiger partial charge in [0.15, 0.2) is 0 Å². The summed E-state index contributed by atoms with van der Waals surface area (Å²) in [5.41, 5.74) is 0.911. The van der Waals surface area contributed by atoms with Gasteiger partial charge in [0.1, 0.15) is 17.8 Å². The Bertz CT molecular complexity index is 569. The molecule has 6 heteroatoms. The number of aromatic amines is 1. The third-order valence-electron chi connectivity index (χ3n) is 4.29. The predicted molar refractivity (Wildman–Crippen MR) is 84.6 cm³/mol. The number of nitrogens with one attached hydrogen (secondary N) is 1. The number of piperidine rings is 1. The molecule has 110 valence electrons. The molecule has 2 unspecified atom stereocenters. The number of H-pyrrole nitrogens is 1. The fraction of sp³-hybridized carbons (Fsp3) is 0.571. The Morgan fingerprint density at radius 1 is 1.40 bits per heavy atom. The summed E-state index contributed by atoms with van der Waals surface area (Å²) in [5.74, 6) is 1.71. The fourth-order valence-electron chi connectivity index (χ4n) is 3.01. The van der Waals surface area contributed by atoms with E-state index in [4.69, 9.17) is 0 Å². The number of fused-ring (bicyclic) bond motifs is 1. The first-order valence-corrected chi connectivity index (χ1v) is 6.86. The molecular formula is C14H22ClN5. The molecule has 1 fully saturated rings. The van der Waals surface area contributed by atoms with E-state index in [1.165, 1.54) is 13.0 Å². The second kappa shape index (κ2) is 5.97. The van der Waals surface area contributed by atoms with Gasteiger partial charge >= 0.3 is 0 Å². The molecule has 2 atom stereocenters. The largest absolute Gasteiger partial charge is 0.354 e. The molecule has 0 saturated carbocycles. The number of hydrogen-bond donors (Lipinski definition) is 1. The van der Waals surface area contributed by atoms with Crippen LogP contribution >= 0.6 is 12.4 Å². The SMILES string of the molecule is CC1CCN(C)CC1N(C)c1ncnc2[nH]ccc12.Cl. The van der Waals surface area contributed by atoms with Crippen molar-refractivity contribution in [2.45, 2.75) is 19.4 Å². The monoisotopic (exact) mass is 295 g/mol. The van der Waals surface area contributed by atoms with Crippen molar-refractivity contribution >= 4 is 29.3 Å². The van der Waals surface area contributed by atoms with Crippen LogP contribution in [0.2, 0.25) is 0 Å². The first-order chi connectivity index (χ1) is 9.16. The van der Waals surface area contributed by atoms with Crippen LogP contribution in [0, 0.1) is 5.92 Å². The lowest BCUT2D eigenvalue weighted by Gasteiger charge is -2.40. The number of nitrogens with zero attached hydrogens (tertiary/aromatic N) is 4. The molecule has 1 N–H and O–H groups in total. The third kappa shape index (κ3) is 2.60. The van der Waals surface area contributed by atoms with Crippen LogP contribution in [0.3, 0.4) is 0 Å². The van der Waals surface area contributed by atoms with Crippen LogP contribution in [-0.4, -0.2) is 53.1 Å². The lowest BCUT2D eigenvalue weighted by molar-refractivity contribution is 0.197. The van der Waals surface area contributed by atoms with Crippen LogP contribution < -0.4 is 4.90 Å². The summed E-state index contributed by atoms with van der Waals surface area (Å²) in [5, 5.41) is 1.10. The number of anilines is 1. The van der Waals surface area contributed by atoms with E-state index in [1.807, 2.05) is 6.20 Å². The summed E-state index contributed by atoms with van der Waals surface area (Å²) in [6.45, 7) is 4.62. The van der Waals surface area contributed by atoms with Crippen LogP contribution in [0.5, 0.6) is 0 Å². The third-order valence-corrected chi connectivity index (χ3v) is 4.29. The van der Waals surface area contributed by atoms with Gasteiger partial charge in [-0.3, -0.25) is 0 Å². The molecule has 0 bridgehead atoms. The zero-order valence-electron chi connectivity index (χ0n) is 12.2. The Morgan fingerprint density at radius 3 is 3.00 bits per heavy atom. The molecule has 1 aliphatic heterocycles. The maximum atomic E-state index is 4.49. The number of halogens is 1. The Morgan fingerprint density at radius 2 is 2.20 bits per heavy atom. The summed E-state index contributed by atoms with van der Waals surface area (Å²) < 4.78 is 0. The van der Waals surface area contributed by atoms with Gasteiger partial charge in [-0.15, -0.1) is 12.4 Å². The molecule has 1 aliphatic rings. The van der Waals surface area contributed by atoms with Gasteiger partial charge in [-0.05, 0) is 32.0 Å². The zero-order chi connectivity index (χ0) is 13.4. The van der Waals surface area contributed by atoms with E-state index in [0.717, 1.165) is 23.4 Å². The molecule has 0 aliphatic carbocycles. The summed E-state index contributed by atoms with van der Waals surface area (Å²) in [6.07, 6.45) is 4.81. The Hall–Kier alpha value is -1.33. The van der Waals surface area contributed by atoms with Gasteiger partial charge in [-0.2, -0.15) is 0 Å². The maximum absolute atomic E-state index is 4.49. The second-order valence-corrected chi connectivity index (χ2v) is 5.64. The van der Waals surface area contributed by atoms with Crippen LogP contribution in [-0.2, 0) is 0 Å². The molecule has 3 rings (SSSR count). The highest BCUT2D eigenvalue weighted by atomic mass is 35.5. The lowest BCUT2D eigenvalue weighted by Crippen LogP contribution is -2.50. The smallest absolute Gasteiger partial charge is 0.142 e. The minimum absolute atomic E-state index is 0. The Balaban J connectivity index is 0.00000147. The molecule has 0 aromatic carbocycles. The molecule has 0 radical (unpaired) electrons. The number of hydrogen-bond acceptors (Lipinski definition) is 4. The van der Waals surface area contributed by atoms with E-state index in [-0.39, 0.29) is 12.4 Å². The molecule has 2 aromatic rings. The van der Waals surface area contributed by atoms with Crippen molar-refractivity contribution < 1.29 is 0 Å². The van der Waals surface area contributed by atoms with Crippen molar-refractivity contribution in [3.8, 4) is 0 Å². The number of likely N-dealkylation sites (N-methyl/N-ethyl adjacent to an activating group) is 2. The van der Waals surface area contributed by atoms with Crippen LogP contribution in [0.1, 0.15) is 13.3 Å². The predicted octanol–water partition coefficient (Wildman–Crippen LogP) is 2.16. The Labute approximate surface area is 125 Å². The zero-order valence-corrected chi connectivity index (χ0v) is 13.0. The molecule has 1 saturated heterocycles. The summed E-state index contributed by atoms with van der Waals surface area (Å²) in [4.78, 5) is 16.6. The average Bonchev–Trinajstić information content (AvgIpc) is 2.89. The Kier molecular flexibility index (Phi) is 4.50. The fourth-order valence-corrected chi connectivity index (χ4v) is 3.01. The second-order valence-electron chi connectivity index (χ2n) is 5.64. The molecule has 5 nitrogen and oxygen atoms in total. The molecule has 3 heterocycles. The molecule has 0 spiro atoms. The van der Waals surface area contributed by atoms with Gasteiger partial charge in [0.2, 0.25) is 0 Å². The van der Waals surface area contributed by atoms with Crippen LogP contribution in [0.25, 0.3) is 11.0 Å². The normalized spacial score (nSPS) is 23.6. The summed E-state index contributed by atoms with van der Waals surface area (Å²) in [7, 11) is 4.34.